The first-order valence-corrected chi connectivity index (χ1v) is 8.28. The third-order valence-electron chi connectivity index (χ3n) is 4.63. The molecule has 0 unspecified atom stereocenters. The largest absolute Gasteiger partial charge is 0.362 e. The summed E-state index contributed by atoms with van der Waals surface area (Å²) in [5, 5.41) is 7.84. The van der Waals surface area contributed by atoms with Gasteiger partial charge in [-0.2, -0.15) is 5.10 Å². The van der Waals surface area contributed by atoms with E-state index in [-0.39, 0.29) is 11.6 Å². The molecule has 1 aliphatic rings. The highest BCUT2D eigenvalue weighted by atomic mass is 16.5. The Morgan fingerprint density at radius 2 is 2.24 bits per heavy atom. The molecule has 0 spiro atoms. The van der Waals surface area contributed by atoms with Crippen LogP contribution in [0, 0.1) is 6.92 Å². The number of aryl methyl sites for hydroxylation is 1. The molecule has 0 aromatic carbocycles. The number of aromatic nitrogens is 4. The summed E-state index contributed by atoms with van der Waals surface area (Å²) in [5.41, 5.74) is 1.53. The van der Waals surface area contributed by atoms with E-state index in [1.165, 1.54) is 13.1 Å². The van der Waals surface area contributed by atoms with E-state index in [4.69, 9.17) is 4.74 Å². The first-order valence-electron chi connectivity index (χ1n) is 8.28. The Bertz CT molecular complexity index is 821. The van der Waals surface area contributed by atoms with Gasteiger partial charge in [0, 0.05) is 45.9 Å². The van der Waals surface area contributed by atoms with Crippen molar-refractivity contribution < 1.29 is 4.74 Å². The number of aromatic amines is 1. The molecule has 0 aliphatic carbocycles. The second-order valence-corrected chi connectivity index (χ2v) is 6.36. The summed E-state index contributed by atoms with van der Waals surface area (Å²) >= 11 is 0. The van der Waals surface area contributed by atoms with Crippen LogP contribution in [0.15, 0.2) is 21.9 Å². The average Bonchev–Trinajstić information content (AvgIpc) is 3.18. The summed E-state index contributed by atoms with van der Waals surface area (Å²) in [6, 6.07) is 1.75. The summed E-state index contributed by atoms with van der Waals surface area (Å²) in [7, 11) is 3.11. The van der Waals surface area contributed by atoms with Crippen LogP contribution in [0.1, 0.15) is 17.7 Å². The van der Waals surface area contributed by atoms with Crippen molar-refractivity contribution in [2.75, 3.05) is 25.1 Å². The zero-order valence-electron chi connectivity index (χ0n) is 14.8. The SMILES string of the molecule is COCn1ncc(C)c1CN[C@@H]1CCN(c2cc(=O)n(C)c(=O)[nH]2)C1. The minimum absolute atomic E-state index is 0.276. The zero-order valence-corrected chi connectivity index (χ0v) is 14.8. The van der Waals surface area contributed by atoms with Crippen LogP contribution in [0.25, 0.3) is 0 Å². The second kappa shape index (κ2) is 7.24. The minimum atomic E-state index is -0.391. The van der Waals surface area contributed by atoms with E-state index in [0.29, 0.717) is 19.1 Å². The van der Waals surface area contributed by atoms with Crippen LogP contribution in [-0.4, -0.2) is 45.6 Å². The molecule has 3 rings (SSSR count). The van der Waals surface area contributed by atoms with E-state index in [2.05, 4.69) is 15.4 Å². The number of hydrogen-bond acceptors (Lipinski definition) is 6. The standard InChI is InChI=1S/C16H24N6O3/c1-11-7-18-22(10-25-3)13(11)8-17-12-4-5-21(9-12)14-6-15(23)20(2)16(24)19-14/h6-7,12,17H,4-5,8-10H2,1-3H3,(H,19,24)/t12-/m1/s1. The molecule has 1 saturated heterocycles. The Morgan fingerprint density at radius 3 is 2.96 bits per heavy atom. The van der Waals surface area contributed by atoms with Gasteiger partial charge in [-0.3, -0.25) is 14.3 Å². The number of nitrogens with zero attached hydrogens (tertiary/aromatic N) is 4. The van der Waals surface area contributed by atoms with Gasteiger partial charge in [0.15, 0.2) is 0 Å². The van der Waals surface area contributed by atoms with Crippen molar-refractivity contribution in [3.8, 4) is 0 Å². The third-order valence-corrected chi connectivity index (χ3v) is 4.63. The monoisotopic (exact) mass is 348 g/mol. The van der Waals surface area contributed by atoms with Gasteiger partial charge in [-0.15, -0.1) is 0 Å². The smallest absolute Gasteiger partial charge is 0.329 e. The number of ether oxygens (including phenoxy) is 1. The van der Waals surface area contributed by atoms with Crippen molar-refractivity contribution in [3.63, 3.8) is 0 Å². The molecule has 25 heavy (non-hydrogen) atoms. The zero-order chi connectivity index (χ0) is 18.0. The molecule has 136 valence electrons. The predicted octanol–water partition coefficient (Wildman–Crippen LogP) is -0.449. The molecule has 9 nitrogen and oxygen atoms in total. The van der Waals surface area contributed by atoms with Crippen molar-refractivity contribution in [3.05, 3.63) is 44.4 Å². The van der Waals surface area contributed by atoms with Crippen LogP contribution in [0.2, 0.25) is 0 Å². The van der Waals surface area contributed by atoms with E-state index < -0.39 is 5.69 Å². The molecule has 0 amide bonds. The van der Waals surface area contributed by atoms with Gasteiger partial charge in [0.1, 0.15) is 12.5 Å². The lowest BCUT2D eigenvalue weighted by molar-refractivity contribution is 0.117. The van der Waals surface area contributed by atoms with E-state index in [1.54, 1.807) is 7.11 Å². The number of nitrogens with one attached hydrogen (secondary N) is 2. The Hall–Kier alpha value is -2.39. The quantitative estimate of drug-likeness (QED) is 0.734. The first-order chi connectivity index (χ1) is 12.0. The Labute approximate surface area is 145 Å². The first kappa shape index (κ1) is 17.4. The van der Waals surface area contributed by atoms with E-state index in [0.717, 1.165) is 35.3 Å². The molecule has 9 heteroatoms. The van der Waals surface area contributed by atoms with Crippen LogP contribution in [0.3, 0.4) is 0 Å². The number of anilines is 1. The van der Waals surface area contributed by atoms with Crippen molar-refractivity contribution in [1.29, 1.82) is 0 Å². The van der Waals surface area contributed by atoms with Crippen LogP contribution in [0.4, 0.5) is 5.82 Å². The summed E-state index contributed by atoms with van der Waals surface area (Å²) in [6.45, 7) is 4.68. The molecule has 0 bridgehead atoms. The van der Waals surface area contributed by atoms with Crippen LogP contribution in [0.5, 0.6) is 0 Å². The topological polar surface area (TPSA) is 97.2 Å². The number of hydrogen-bond donors (Lipinski definition) is 2. The molecule has 2 N–H and O–H groups in total. The number of methoxy groups -OCH3 is 1. The number of rotatable bonds is 6. The van der Waals surface area contributed by atoms with Crippen molar-refractivity contribution in [1.82, 2.24) is 24.6 Å². The molecular formula is C16H24N6O3. The fraction of sp³-hybridized carbons (Fsp3) is 0.562. The molecule has 2 aromatic rings. The molecule has 0 radical (unpaired) electrons. The number of H-pyrrole nitrogens is 1. The average molecular weight is 348 g/mol. The maximum Gasteiger partial charge on any atom is 0.329 e. The highest BCUT2D eigenvalue weighted by molar-refractivity contribution is 5.38. The Morgan fingerprint density at radius 1 is 1.44 bits per heavy atom. The molecule has 1 aliphatic heterocycles. The van der Waals surface area contributed by atoms with Gasteiger partial charge < -0.3 is 15.0 Å². The second-order valence-electron chi connectivity index (χ2n) is 6.36. The van der Waals surface area contributed by atoms with E-state index in [1.807, 2.05) is 22.7 Å². The predicted molar refractivity (Wildman–Crippen MR) is 93.7 cm³/mol. The van der Waals surface area contributed by atoms with Gasteiger partial charge in [-0.05, 0) is 18.9 Å². The van der Waals surface area contributed by atoms with Crippen molar-refractivity contribution in [2.24, 2.45) is 7.05 Å². The highest BCUT2D eigenvalue weighted by Crippen LogP contribution is 2.16. The minimum Gasteiger partial charge on any atom is -0.362 e. The summed E-state index contributed by atoms with van der Waals surface area (Å²) < 4.78 is 8.07. The molecular weight excluding hydrogens is 324 g/mol. The Balaban J connectivity index is 1.63. The van der Waals surface area contributed by atoms with Gasteiger partial charge in [-0.1, -0.05) is 0 Å². The highest BCUT2D eigenvalue weighted by Gasteiger charge is 2.24. The van der Waals surface area contributed by atoms with Crippen molar-refractivity contribution >= 4 is 5.82 Å². The van der Waals surface area contributed by atoms with Crippen LogP contribution < -0.4 is 21.5 Å². The van der Waals surface area contributed by atoms with E-state index in [9.17, 15) is 9.59 Å². The van der Waals surface area contributed by atoms with E-state index >= 15 is 0 Å². The lowest BCUT2D eigenvalue weighted by Crippen LogP contribution is -2.37. The molecule has 1 atom stereocenters. The lowest BCUT2D eigenvalue weighted by Gasteiger charge is -2.19. The summed E-state index contributed by atoms with van der Waals surface area (Å²) in [5.74, 6) is 0.581. The summed E-state index contributed by atoms with van der Waals surface area (Å²) in [6.07, 6.45) is 2.77. The molecule has 1 fully saturated rings. The summed E-state index contributed by atoms with van der Waals surface area (Å²) in [4.78, 5) is 28.3. The fourth-order valence-corrected chi connectivity index (χ4v) is 3.07. The van der Waals surface area contributed by atoms with Crippen LogP contribution >= 0.6 is 0 Å². The fourth-order valence-electron chi connectivity index (χ4n) is 3.07. The molecule has 2 aromatic heterocycles. The normalized spacial score (nSPS) is 17.4. The maximum absolute atomic E-state index is 11.8. The lowest BCUT2D eigenvalue weighted by atomic mass is 10.2. The van der Waals surface area contributed by atoms with Gasteiger partial charge in [0.25, 0.3) is 5.56 Å². The van der Waals surface area contributed by atoms with Gasteiger partial charge in [-0.25, -0.2) is 9.48 Å². The van der Waals surface area contributed by atoms with Gasteiger partial charge in [0.05, 0.1) is 11.9 Å². The van der Waals surface area contributed by atoms with Gasteiger partial charge in [0.2, 0.25) is 0 Å². The van der Waals surface area contributed by atoms with Gasteiger partial charge >= 0.3 is 5.69 Å². The third kappa shape index (κ3) is 3.67. The molecule has 3 heterocycles. The maximum atomic E-state index is 11.8. The van der Waals surface area contributed by atoms with Crippen molar-refractivity contribution in [2.45, 2.75) is 32.7 Å². The van der Waals surface area contributed by atoms with Crippen LogP contribution in [-0.2, 0) is 25.1 Å². The molecule has 0 saturated carbocycles. The Kier molecular flexibility index (Phi) is 5.05.